The SMILES string of the molecule is CNc1ccc(Cl)cc1C(=N)F. The topological polar surface area (TPSA) is 35.9 Å². The molecule has 0 saturated carbocycles. The van der Waals surface area contributed by atoms with E-state index in [-0.39, 0.29) is 5.56 Å². The highest BCUT2D eigenvalue weighted by Gasteiger charge is 2.06. The van der Waals surface area contributed by atoms with Gasteiger partial charge in [-0.3, -0.25) is 5.41 Å². The number of benzene rings is 1. The third-order valence-electron chi connectivity index (χ3n) is 1.49. The zero-order valence-electron chi connectivity index (χ0n) is 6.49. The van der Waals surface area contributed by atoms with E-state index in [4.69, 9.17) is 17.0 Å². The van der Waals surface area contributed by atoms with Gasteiger partial charge in [-0.1, -0.05) is 11.6 Å². The lowest BCUT2D eigenvalue weighted by atomic mass is 10.2. The number of hydrogen-bond donors (Lipinski definition) is 2. The van der Waals surface area contributed by atoms with Crippen LogP contribution in [-0.4, -0.2) is 13.0 Å². The van der Waals surface area contributed by atoms with Crippen molar-refractivity contribution < 1.29 is 4.39 Å². The molecule has 0 unspecified atom stereocenters. The molecule has 0 atom stereocenters. The first kappa shape index (κ1) is 9.00. The quantitative estimate of drug-likeness (QED) is 0.685. The van der Waals surface area contributed by atoms with Gasteiger partial charge >= 0.3 is 0 Å². The van der Waals surface area contributed by atoms with Gasteiger partial charge in [0.05, 0.1) is 5.56 Å². The van der Waals surface area contributed by atoms with Crippen LogP contribution in [0.1, 0.15) is 5.56 Å². The Morgan fingerprint density at radius 1 is 1.58 bits per heavy atom. The molecule has 0 spiro atoms. The molecule has 2 N–H and O–H groups in total. The summed E-state index contributed by atoms with van der Waals surface area (Å²) in [6.07, 6.45) is 0. The lowest BCUT2D eigenvalue weighted by molar-refractivity contribution is 0.798. The summed E-state index contributed by atoms with van der Waals surface area (Å²) in [5, 5.41) is 10.00. The molecule has 0 amide bonds. The molecule has 0 aliphatic carbocycles. The van der Waals surface area contributed by atoms with Crippen LogP contribution >= 0.6 is 11.6 Å². The van der Waals surface area contributed by atoms with Crippen LogP contribution in [0, 0.1) is 5.41 Å². The highest BCUT2D eigenvalue weighted by molar-refractivity contribution is 6.31. The zero-order valence-corrected chi connectivity index (χ0v) is 7.24. The zero-order chi connectivity index (χ0) is 9.14. The van der Waals surface area contributed by atoms with Gasteiger partial charge in [0.15, 0.2) is 0 Å². The van der Waals surface area contributed by atoms with E-state index in [0.717, 1.165) is 0 Å². The molecular formula is C8H8ClFN2. The van der Waals surface area contributed by atoms with Crippen LogP contribution in [0.15, 0.2) is 18.2 Å². The van der Waals surface area contributed by atoms with E-state index < -0.39 is 5.97 Å². The van der Waals surface area contributed by atoms with E-state index in [1.54, 1.807) is 19.2 Å². The predicted molar refractivity (Wildman–Crippen MR) is 48.9 cm³/mol. The molecule has 0 heterocycles. The molecule has 0 aromatic heterocycles. The van der Waals surface area contributed by atoms with E-state index in [0.29, 0.717) is 10.7 Å². The van der Waals surface area contributed by atoms with E-state index in [9.17, 15) is 4.39 Å². The molecule has 64 valence electrons. The van der Waals surface area contributed by atoms with Crippen molar-refractivity contribution in [2.75, 3.05) is 12.4 Å². The van der Waals surface area contributed by atoms with Gasteiger partial charge in [-0.05, 0) is 18.2 Å². The highest BCUT2D eigenvalue weighted by Crippen LogP contribution is 2.20. The maximum Gasteiger partial charge on any atom is 0.214 e. The number of rotatable bonds is 2. The Labute approximate surface area is 74.9 Å². The van der Waals surface area contributed by atoms with E-state index in [2.05, 4.69) is 5.32 Å². The fraction of sp³-hybridized carbons (Fsp3) is 0.125. The van der Waals surface area contributed by atoms with Crippen LogP contribution in [0.2, 0.25) is 5.02 Å². The maximum atomic E-state index is 12.5. The minimum Gasteiger partial charge on any atom is -0.388 e. The average Bonchev–Trinajstić information content (AvgIpc) is 2.04. The first-order chi connectivity index (χ1) is 5.65. The van der Waals surface area contributed by atoms with Crippen LogP contribution in [0.3, 0.4) is 0 Å². The summed E-state index contributed by atoms with van der Waals surface area (Å²) in [5.41, 5.74) is 0.747. The molecule has 0 aliphatic heterocycles. The van der Waals surface area contributed by atoms with Gasteiger partial charge in [-0.2, -0.15) is 4.39 Å². The lowest BCUT2D eigenvalue weighted by Crippen LogP contribution is -1.98. The fourth-order valence-electron chi connectivity index (χ4n) is 0.916. The largest absolute Gasteiger partial charge is 0.388 e. The van der Waals surface area contributed by atoms with Crippen LogP contribution in [0.25, 0.3) is 0 Å². The summed E-state index contributed by atoms with van der Waals surface area (Å²) >= 11 is 5.63. The van der Waals surface area contributed by atoms with Gasteiger partial charge in [-0.15, -0.1) is 0 Å². The Hall–Kier alpha value is -1.09. The molecule has 2 nitrogen and oxygen atoms in total. The molecule has 4 heteroatoms. The van der Waals surface area contributed by atoms with Crippen molar-refractivity contribution in [1.82, 2.24) is 0 Å². The fourth-order valence-corrected chi connectivity index (χ4v) is 1.09. The molecule has 0 aliphatic rings. The Kier molecular flexibility index (Phi) is 2.65. The standard InChI is InChI=1S/C8H8ClFN2/c1-12-7-3-2-5(9)4-6(7)8(10)11/h2-4,11-12H,1H3. The minimum atomic E-state index is -0.984. The Bertz CT molecular complexity index is 312. The van der Waals surface area contributed by atoms with Crippen LogP contribution in [0.4, 0.5) is 10.1 Å². The molecule has 12 heavy (non-hydrogen) atoms. The van der Waals surface area contributed by atoms with Gasteiger partial charge in [-0.25, -0.2) is 0 Å². The van der Waals surface area contributed by atoms with Crippen LogP contribution in [0.5, 0.6) is 0 Å². The molecular weight excluding hydrogens is 179 g/mol. The third kappa shape index (κ3) is 1.74. The van der Waals surface area contributed by atoms with Crippen molar-refractivity contribution >= 4 is 23.3 Å². The first-order valence-corrected chi connectivity index (χ1v) is 3.74. The second-order valence-electron chi connectivity index (χ2n) is 2.25. The van der Waals surface area contributed by atoms with Crippen molar-refractivity contribution in [1.29, 1.82) is 5.41 Å². The molecule has 0 saturated heterocycles. The van der Waals surface area contributed by atoms with Gasteiger partial charge in [0.2, 0.25) is 5.97 Å². The van der Waals surface area contributed by atoms with Crippen molar-refractivity contribution in [3.63, 3.8) is 0 Å². The van der Waals surface area contributed by atoms with Gasteiger partial charge in [0, 0.05) is 17.8 Å². The monoisotopic (exact) mass is 186 g/mol. The number of hydrogen-bond acceptors (Lipinski definition) is 2. The summed E-state index contributed by atoms with van der Waals surface area (Å²) in [4.78, 5) is 0. The van der Waals surface area contributed by atoms with Gasteiger partial charge in [0.1, 0.15) is 0 Å². The molecule has 1 rings (SSSR count). The van der Waals surface area contributed by atoms with E-state index in [1.165, 1.54) is 6.07 Å². The van der Waals surface area contributed by atoms with Crippen molar-refractivity contribution in [2.45, 2.75) is 0 Å². The molecule has 0 radical (unpaired) electrons. The van der Waals surface area contributed by atoms with Crippen molar-refractivity contribution in [3.8, 4) is 0 Å². The van der Waals surface area contributed by atoms with Crippen molar-refractivity contribution in [3.05, 3.63) is 28.8 Å². The second-order valence-corrected chi connectivity index (χ2v) is 2.69. The molecule has 1 aromatic rings. The Morgan fingerprint density at radius 3 is 2.75 bits per heavy atom. The molecule has 0 fully saturated rings. The molecule has 0 bridgehead atoms. The number of anilines is 1. The average molecular weight is 187 g/mol. The third-order valence-corrected chi connectivity index (χ3v) is 1.72. The first-order valence-electron chi connectivity index (χ1n) is 3.37. The van der Waals surface area contributed by atoms with Crippen LogP contribution < -0.4 is 5.32 Å². The van der Waals surface area contributed by atoms with Gasteiger partial charge < -0.3 is 5.32 Å². The van der Waals surface area contributed by atoms with Crippen molar-refractivity contribution in [2.24, 2.45) is 0 Å². The summed E-state index contributed by atoms with van der Waals surface area (Å²) in [7, 11) is 1.66. The Balaban J connectivity index is 3.21. The van der Waals surface area contributed by atoms with E-state index in [1.807, 2.05) is 0 Å². The predicted octanol–water partition coefficient (Wildman–Crippen LogP) is 2.68. The highest BCUT2D eigenvalue weighted by atomic mass is 35.5. The normalized spacial score (nSPS) is 9.58. The number of nitrogens with one attached hydrogen (secondary N) is 2. The number of halogens is 2. The smallest absolute Gasteiger partial charge is 0.214 e. The van der Waals surface area contributed by atoms with E-state index >= 15 is 0 Å². The summed E-state index contributed by atoms with van der Waals surface area (Å²) < 4.78 is 12.5. The lowest BCUT2D eigenvalue weighted by Gasteiger charge is -2.05. The summed E-state index contributed by atoms with van der Waals surface area (Å²) in [6, 6.07) is 4.68. The van der Waals surface area contributed by atoms with Gasteiger partial charge in [0.25, 0.3) is 0 Å². The molecule has 1 aromatic carbocycles. The summed E-state index contributed by atoms with van der Waals surface area (Å²) in [6.45, 7) is 0. The Morgan fingerprint density at radius 2 is 2.25 bits per heavy atom. The summed E-state index contributed by atoms with van der Waals surface area (Å²) in [5.74, 6) is -0.984. The maximum absolute atomic E-state index is 12.5. The minimum absolute atomic E-state index is 0.185. The van der Waals surface area contributed by atoms with Crippen LogP contribution in [-0.2, 0) is 0 Å². The second kappa shape index (κ2) is 3.54.